The van der Waals surface area contributed by atoms with Crippen molar-refractivity contribution in [2.75, 3.05) is 14.1 Å². The van der Waals surface area contributed by atoms with Crippen LogP contribution in [0.4, 0.5) is 0 Å². The van der Waals surface area contributed by atoms with Gasteiger partial charge in [-0.2, -0.15) is 0 Å². The Balaban J connectivity index is 2.43. The Labute approximate surface area is 116 Å². The minimum absolute atomic E-state index is 0.310. The van der Waals surface area contributed by atoms with Crippen LogP contribution in [0.1, 0.15) is 24.0 Å². The van der Waals surface area contributed by atoms with Gasteiger partial charge in [0.25, 0.3) is 0 Å². The number of hydrogen-bond donors (Lipinski definition) is 0. The van der Waals surface area contributed by atoms with E-state index in [4.69, 9.17) is 0 Å². The summed E-state index contributed by atoms with van der Waals surface area (Å²) < 4.78 is 0. The predicted molar refractivity (Wildman–Crippen MR) is 82.2 cm³/mol. The fourth-order valence-electron chi connectivity index (χ4n) is 2.10. The molecule has 0 aliphatic rings. The van der Waals surface area contributed by atoms with Gasteiger partial charge in [0.15, 0.2) is 0 Å². The third-order valence-electron chi connectivity index (χ3n) is 3.43. The molecule has 0 saturated carbocycles. The van der Waals surface area contributed by atoms with Crippen LogP contribution in [0.5, 0.6) is 0 Å². The van der Waals surface area contributed by atoms with E-state index in [1.807, 2.05) is 0 Å². The number of allylic oxidation sites excluding steroid dienone is 2. The Bertz CT molecular complexity index is 487. The maximum Gasteiger partial charge on any atom is 0.0289 e. The molecule has 0 atom stereocenters. The Morgan fingerprint density at radius 2 is 1.26 bits per heavy atom. The molecule has 0 bridgehead atoms. The van der Waals surface area contributed by atoms with Crippen molar-refractivity contribution in [1.29, 1.82) is 0 Å². The summed E-state index contributed by atoms with van der Waals surface area (Å²) in [7, 11) is 4.16. The normalized spacial score (nSPS) is 11.7. The summed E-state index contributed by atoms with van der Waals surface area (Å²) in [5.41, 5.74) is 3.93. The molecule has 0 unspecified atom stereocenters. The number of nitrogens with zero attached hydrogens (tertiary/aromatic N) is 1. The van der Waals surface area contributed by atoms with Gasteiger partial charge in [0.1, 0.15) is 0 Å². The van der Waals surface area contributed by atoms with Crippen LogP contribution in [-0.4, -0.2) is 19.0 Å². The Morgan fingerprint density at radius 3 is 1.63 bits per heavy atom. The molecule has 0 aromatic heterocycles. The van der Waals surface area contributed by atoms with Gasteiger partial charge in [-0.1, -0.05) is 66.7 Å². The minimum atomic E-state index is 0.310. The molecule has 0 heterocycles. The van der Waals surface area contributed by atoms with E-state index in [9.17, 15) is 0 Å². The molecule has 2 aromatic rings. The van der Waals surface area contributed by atoms with E-state index in [2.05, 4.69) is 92.7 Å². The van der Waals surface area contributed by atoms with E-state index in [-0.39, 0.29) is 0 Å². The fourth-order valence-corrected chi connectivity index (χ4v) is 2.10. The SMILES string of the molecule is CC(=CC(c1ccccc1)c1ccccc1)N(C)C. The van der Waals surface area contributed by atoms with Crippen LogP contribution in [0.3, 0.4) is 0 Å². The molecule has 2 aromatic carbocycles. The molecular formula is C18H21N. The summed E-state index contributed by atoms with van der Waals surface area (Å²) in [5.74, 6) is 0.310. The monoisotopic (exact) mass is 251 g/mol. The molecule has 0 aliphatic carbocycles. The van der Waals surface area contributed by atoms with Gasteiger partial charge in [0.2, 0.25) is 0 Å². The van der Waals surface area contributed by atoms with Crippen molar-refractivity contribution in [3.05, 3.63) is 83.6 Å². The molecule has 0 spiro atoms. The van der Waals surface area contributed by atoms with E-state index in [1.54, 1.807) is 0 Å². The van der Waals surface area contributed by atoms with Gasteiger partial charge in [0, 0.05) is 25.7 Å². The summed E-state index contributed by atoms with van der Waals surface area (Å²) in [6.45, 7) is 2.15. The summed E-state index contributed by atoms with van der Waals surface area (Å²) in [6, 6.07) is 21.3. The van der Waals surface area contributed by atoms with Gasteiger partial charge in [-0.25, -0.2) is 0 Å². The lowest BCUT2D eigenvalue weighted by atomic mass is 9.90. The van der Waals surface area contributed by atoms with Crippen molar-refractivity contribution in [3.63, 3.8) is 0 Å². The lowest BCUT2D eigenvalue weighted by molar-refractivity contribution is 0.510. The third kappa shape index (κ3) is 3.47. The summed E-state index contributed by atoms with van der Waals surface area (Å²) in [5, 5.41) is 0. The van der Waals surface area contributed by atoms with Gasteiger partial charge < -0.3 is 4.90 Å². The van der Waals surface area contributed by atoms with Crippen molar-refractivity contribution in [1.82, 2.24) is 4.90 Å². The van der Waals surface area contributed by atoms with Crippen LogP contribution < -0.4 is 0 Å². The second-order valence-corrected chi connectivity index (χ2v) is 5.00. The first kappa shape index (κ1) is 13.4. The highest BCUT2D eigenvalue weighted by molar-refractivity contribution is 5.37. The molecule has 0 radical (unpaired) electrons. The molecule has 0 N–H and O–H groups in total. The molecular weight excluding hydrogens is 230 g/mol. The number of hydrogen-bond acceptors (Lipinski definition) is 1. The largest absolute Gasteiger partial charge is 0.381 e. The second-order valence-electron chi connectivity index (χ2n) is 5.00. The Kier molecular flexibility index (Phi) is 4.40. The average molecular weight is 251 g/mol. The molecule has 1 heteroatoms. The van der Waals surface area contributed by atoms with Crippen molar-refractivity contribution in [2.45, 2.75) is 12.8 Å². The lowest BCUT2D eigenvalue weighted by Crippen LogP contribution is -2.10. The highest BCUT2D eigenvalue weighted by atomic mass is 15.1. The van der Waals surface area contributed by atoms with Crippen molar-refractivity contribution in [3.8, 4) is 0 Å². The zero-order valence-electron chi connectivity index (χ0n) is 11.9. The quantitative estimate of drug-likeness (QED) is 0.783. The Morgan fingerprint density at radius 1 is 0.842 bits per heavy atom. The van der Waals surface area contributed by atoms with Crippen molar-refractivity contribution in [2.24, 2.45) is 0 Å². The van der Waals surface area contributed by atoms with Crippen LogP contribution >= 0.6 is 0 Å². The third-order valence-corrected chi connectivity index (χ3v) is 3.43. The smallest absolute Gasteiger partial charge is 0.0289 e. The van der Waals surface area contributed by atoms with Gasteiger partial charge in [0.05, 0.1) is 0 Å². The molecule has 0 saturated heterocycles. The maximum atomic E-state index is 2.32. The molecule has 0 aliphatic heterocycles. The topological polar surface area (TPSA) is 3.24 Å². The first-order valence-corrected chi connectivity index (χ1v) is 6.64. The van der Waals surface area contributed by atoms with Crippen LogP contribution in [0.25, 0.3) is 0 Å². The van der Waals surface area contributed by atoms with Gasteiger partial charge >= 0.3 is 0 Å². The van der Waals surface area contributed by atoms with Crippen molar-refractivity contribution >= 4 is 0 Å². The molecule has 2 rings (SSSR count). The Hall–Kier alpha value is -2.02. The first-order chi connectivity index (χ1) is 9.18. The standard InChI is InChI=1S/C18H21N/c1-15(19(2)3)14-18(16-10-6-4-7-11-16)17-12-8-5-9-13-17/h4-14,18H,1-3H3. The lowest BCUT2D eigenvalue weighted by Gasteiger charge is -2.19. The number of rotatable bonds is 4. The maximum absolute atomic E-state index is 2.32. The average Bonchev–Trinajstić information content (AvgIpc) is 2.46. The molecule has 98 valence electrons. The van der Waals surface area contributed by atoms with Gasteiger partial charge in [-0.3, -0.25) is 0 Å². The van der Waals surface area contributed by atoms with Gasteiger partial charge in [-0.05, 0) is 18.1 Å². The van der Waals surface area contributed by atoms with E-state index in [0.29, 0.717) is 5.92 Å². The van der Waals surface area contributed by atoms with E-state index in [1.165, 1.54) is 16.8 Å². The minimum Gasteiger partial charge on any atom is -0.381 e. The predicted octanol–water partition coefficient (Wildman–Crippen LogP) is 4.28. The summed E-state index contributed by atoms with van der Waals surface area (Å²) in [4.78, 5) is 2.15. The highest BCUT2D eigenvalue weighted by Gasteiger charge is 2.11. The molecule has 0 amide bonds. The molecule has 19 heavy (non-hydrogen) atoms. The van der Waals surface area contributed by atoms with Crippen LogP contribution in [0.2, 0.25) is 0 Å². The second kappa shape index (κ2) is 6.24. The zero-order valence-corrected chi connectivity index (χ0v) is 11.9. The summed E-state index contributed by atoms with van der Waals surface area (Å²) in [6.07, 6.45) is 2.32. The van der Waals surface area contributed by atoms with Crippen LogP contribution in [-0.2, 0) is 0 Å². The van der Waals surface area contributed by atoms with E-state index < -0.39 is 0 Å². The molecule has 0 fully saturated rings. The van der Waals surface area contributed by atoms with Gasteiger partial charge in [-0.15, -0.1) is 0 Å². The van der Waals surface area contributed by atoms with Crippen molar-refractivity contribution < 1.29 is 0 Å². The van der Waals surface area contributed by atoms with Crippen LogP contribution in [0.15, 0.2) is 72.4 Å². The number of benzene rings is 2. The fraction of sp³-hybridized carbons (Fsp3) is 0.222. The molecule has 1 nitrogen and oxygen atoms in total. The van der Waals surface area contributed by atoms with E-state index >= 15 is 0 Å². The van der Waals surface area contributed by atoms with Crippen LogP contribution in [0, 0.1) is 0 Å². The van der Waals surface area contributed by atoms with E-state index in [0.717, 1.165) is 0 Å². The summed E-state index contributed by atoms with van der Waals surface area (Å²) >= 11 is 0. The first-order valence-electron chi connectivity index (χ1n) is 6.64. The zero-order chi connectivity index (χ0) is 13.7. The highest BCUT2D eigenvalue weighted by Crippen LogP contribution is 2.27.